The van der Waals surface area contributed by atoms with E-state index in [0.29, 0.717) is 12.6 Å². The molecule has 29 heavy (non-hydrogen) atoms. The van der Waals surface area contributed by atoms with E-state index in [9.17, 15) is 9.59 Å². The molecule has 1 aromatic rings. The molecule has 5 heteroatoms. The molecule has 1 unspecified atom stereocenters. The highest BCUT2D eigenvalue weighted by Crippen LogP contribution is 2.26. The average molecular weight is 400 g/mol. The van der Waals surface area contributed by atoms with Crippen molar-refractivity contribution in [3.63, 3.8) is 0 Å². The predicted molar refractivity (Wildman–Crippen MR) is 117 cm³/mol. The normalized spacial score (nSPS) is 21.8. The maximum Gasteiger partial charge on any atom is 0.227 e. The number of carbonyl (C=O) groups is 2. The number of carbonyl (C=O) groups excluding carboxylic acids is 2. The molecule has 1 aromatic carbocycles. The summed E-state index contributed by atoms with van der Waals surface area (Å²) in [5, 5.41) is 3.14. The molecule has 5 nitrogen and oxygen atoms in total. The third-order valence-corrected chi connectivity index (χ3v) is 6.29. The van der Waals surface area contributed by atoms with Crippen LogP contribution in [-0.4, -0.2) is 60.4 Å². The topological polar surface area (TPSA) is 52.7 Å². The second kappa shape index (κ2) is 9.75. The summed E-state index contributed by atoms with van der Waals surface area (Å²) in [5.74, 6) is 0.546. The number of benzene rings is 1. The lowest BCUT2D eigenvalue weighted by Gasteiger charge is -2.43. The number of amides is 2. The van der Waals surface area contributed by atoms with Crippen LogP contribution in [0.5, 0.6) is 0 Å². The van der Waals surface area contributed by atoms with E-state index in [-0.39, 0.29) is 23.1 Å². The molecular weight excluding hydrogens is 362 g/mol. The van der Waals surface area contributed by atoms with E-state index < -0.39 is 0 Å². The van der Waals surface area contributed by atoms with Gasteiger partial charge >= 0.3 is 0 Å². The zero-order valence-corrected chi connectivity index (χ0v) is 18.3. The van der Waals surface area contributed by atoms with Gasteiger partial charge in [0.1, 0.15) is 0 Å². The van der Waals surface area contributed by atoms with Crippen molar-refractivity contribution in [3.8, 4) is 0 Å². The van der Waals surface area contributed by atoms with Crippen molar-refractivity contribution in [2.75, 3.05) is 32.7 Å². The van der Waals surface area contributed by atoms with Crippen molar-refractivity contribution in [1.29, 1.82) is 0 Å². The van der Waals surface area contributed by atoms with E-state index in [1.807, 2.05) is 43.9 Å². The van der Waals surface area contributed by atoms with E-state index >= 15 is 0 Å². The van der Waals surface area contributed by atoms with Crippen molar-refractivity contribution in [2.45, 2.75) is 58.9 Å². The summed E-state index contributed by atoms with van der Waals surface area (Å²) in [6, 6.07) is 10.8. The second-order valence-electron chi connectivity index (χ2n) is 9.63. The van der Waals surface area contributed by atoms with Gasteiger partial charge in [0.15, 0.2) is 0 Å². The Hall–Kier alpha value is -1.88. The molecule has 2 fully saturated rings. The number of hydrogen-bond acceptors (Lipinski definition) is 3. The van der Waals surface area contributed by atoms with Gasteiger partial charge < -0.3 is 10.2 Å². The van der Waals surface area contributed by atoms with Gasteiger partial charge in [0.05, 0.1) is 5.92 Å². The minimum atomic E-state index is -0.305. The van der Waals surface area contributed by atoms with Gasteiger partial charge in [0.2, 0.25) is 11.8 Å². The fraction of sp³-hybridized carbons (Fsp3) is 0.667. The molecular formula is C24H37N3O2. The van der Waals surface area contributed by atoms with Crippen molar-refractivity contribution < 1.29 is 9.59 Å². The standard InChI is InChI=1S/C24H37N3O2/c1-24(2,3)23(29)26-16-12-21(13-17-26)27-15-7-10-20(18-27)22(28)25-14-11-19-8-5-4-6-9-19/h4-6,8-9,20-21H,7,10-18H2,1-3H3,(H,25,28). The fourth-order valence-corrected chi connectivity index (χ4v) is 4.58. The lowest BCUT2D eigenvalue weighted by molar-refractivity contribution is -0.141. The second-order valence-corrected chi connectivity index (χ2v) is 9.63. The van der Waals surface area contributed by atoms with Gasteiger partial charge in [-0.05, 0) is 44.2 Å². The number of nitrogens with zero attached hydrogens (tertiary/aromatic N) is 2. The molecule has 0 radical (unpaired) electrons. The van der Waals surface area contributed by atoms with E-state index in [1.54, 1.807) is 0 Å². The summed E-state index contributed by atoms with van der Waals surface area (Å²) in [7, 11) is 0. The predicted octanol–water partition coefficient (Wildman–Crippen LogP) is 3.09. The van der Waals surface area contributed by atoms with Crippen molar-refractivity contribution in [2.24, 2.45) is 11.3 Å². The molecule has 1 atom stereocenters. The van der Waals surface area contributed by atoms with E-state index in [2.05, 4.69) is 22.3 Å². The van der Waals surface area contributed by atoms with Crippen LogP contribution < -0.4 is 5.32 Å². The zero-order valence-electron chi connectivity index (χ0n) is 18.3. The fourth-order valence-electron chi connectivity index (χ4n) is 4.58. The zero-order chi connectivity index (χ0) is 20.9. The van der Waals surface area contributed by atoms with Crippen molar-refractivity contribution in [3.05, 3.63) is 35.9 Å². The quantitative estimate of drug-likeness (QED) is 0.828. The minimum absolute atomic E-state index is 0.0914. The Labute approximate surface area is 175 Å². The van der Waals surface area contributed by atoms with Crippen LogP contribution in [0.1, 0.15) is 52.0 Å². The molecule has 0 saturated carbocycles. The number of hydrogen-bond donors (Lipinski definition) is 1. The molecule has 0 aromatic heterocycles. The van der Waals surface area contributed by atoms with Gasteiger partial charge in [-0.15, -0.1) is 0 Å². The maximum absolute atomic E-state index is 12.7. The van der Waals surface area contributed by atoms with Gasteiger partial charge in [-0.1, -0.05) is 51.1 Å². The molecule has 0 aliphatic carbocycles. The lowest BCUT2D eigenvalue weighted by Crippen LogP contribution is -2.52. The van der Waals surface area contributed by atoms with Crippen LogP contribution in [0.25, 0.3) is 0 Å². The van der Waals surface area contributed by atoms with E-state index in [0.717, 1.165) is 58.3 Å². The van der Waals surface area contributed by atoms with Gasteiger partial charge in [0.25, 0.3) is 0 Å². The summed E-state index contributed by atoms with van der Waals surface area (Å²) in [4.78, 5) is 29.7. The maximum atomic E-state index is 12.7. The van der Waals surface area contributed by atoms with Crippen LogP contribution in [0.2, 0.25) is 0 Å². The molecule has 3 rings (SSSR count). The highest BCUT2D eigenvalue weighted by Gasteiger charge is 2.34. The Morgan fingerprint density at radius 3 is 2.38 bits per heavy atom. The van der Waals surface area contributed by atoms with Gasteiger partial charge in [-0.3, -0.25) is 14.5 Å². The Kier molecular flexibility index (Phi) is 7.33. The molecule has 1 N–H and O–H groups in total. The minimum Gasteiger partial charge on any atom is -0.355 e. The Balaban J connectivity index is 1.43. The van der Waals surface area contributed by atoms with Gasteiger partial charge in [-0.25, -0.2) is 0 Å². The van der Waals surface area contributed by atoms with Crippen LogP contribution in [-0.2, 0) is 16.0 Å². The Morgan fingerprint density at radius 2 is 1.72 bits per heavy atom. The first kappa shape index (κ1) is 21.8. The smallest absolute Gasteiger partial charge is 0.227 e. The molecule has 2 aliphatic rings. The first-order valence-electron chi connectivity index (χ1n) is 11.2. The molecule has 0 bridgehead atoms. The van der Waals surface area contributed by atoms with Gasteiger partial charge in [-0.2, -0.15) is 0 Å². The van der Waals surface area contributed by atoms with Crippen molar-refractivity contribution in [1.82, 2.24) is 15.1 Å². The summed E-state index contributed by atoms with van der Waals surface area (Å²) >= 11 is 0. The highest BCUT2D eigenvalue weighted by atomic mass is 16.2. The first-order chi connectivity index (χ1) is 13.8. The molecule has 2 heterocycles. The lowest BCUT2D eigenvalue weighted by atomic mass is 9.91. The van der Waals surface area contributed by atoms with Gasteiger partial charge in [0, 0.05) is 37.6 Å². The summed E-state index contributed by atoms with van der Waals surface area (Å²) in [6.07, 6.45) is 4.98. The molecule has 0 spiro atoms. The highest BCUT2D eigenvalue weighted by molar-refractivity contribution is 5.81. The number of piperidine rings is 2. The molecule has 2 saturated heterocycles. The monoisotopic (exact) mass is 399 g/mol. The van der Waals surface area contributed by atoms with Crippen molar-refractivity contribution >= 4 is 11.8 Å². The first-order valence-corrected chi connectivity index (χ1v) is 11.2. The van der Waals surface area contributed by atoms with E-state index in [1.165, 1.54) is 5.56 Å². The van der Waals surface area contributed by atoms with Crippen LogP contribution in [0.3, 0.4) is 0 Å². The number of likely N-dealkylation sites (tertiary alicyclic amines) is 2. The van der Waals surface area contributed by atoms with E-state index in [4.69, 9.17) is 0 Å². The van der Waals surface area contributed by atoms with Crippen LogP contribution in [0.4, 0.5) is 0 Å². The average Bonchev–Trinajstić information content (AvgIpc) is 2.73. The summed E-state index contributed by atoms with van der Waals surface area (Å²) in [6.45, 7) is 10.3. The molecule has 160 valence electrons. The number of rotatable bonds is 5. The summed E-state index contributed by atoms with van der Waals surface area (Å²) in [5.41, 5.74) is 0.954. The third-order valence-electron chi connectivity index (χ3n) is 6.29. The SMILES string of the molecule is CC(C)(C)C(=O)N1CCC(N2CCCC(C(=O)NCCc3ccccc3)C2)CC1. The van der Waals surface area contributed by atoms with Crippen LogP contribution in [0.15, 0.2) is 30.3 Å². The summed E-state index contributed by atoms with van der Waals surface area (Å²) < 4.78 is 0. The van der Waals surface area contributed by atoms with Crippen LogP contribution >= 0.6 is 0 Å². The van der Waals surface area contributed by atoms with Crippen LogP contribution in [0, 0.1) is 11.3 Å². The number of nitrogens with one attached hydrogen (secondary N) is 1. The Morgan fingerprint density at radius 1 is 1.03 bits per heavy atom. The Bertz CT molecular complexity index is 675. The largest absolute Gasteiger partial charge is 0.355 e. The third kappa shape index (κ3) is 6.05. The molecule has 2 amide bonds. The molecule has 2 aliphatic heterocycles.